The van der Waals surface area contributed by atoms with E-state index in [1.54, 1.807) is 0 Å². The minimum atomic E-state index is 0. The summed E-state index contributed by atoms with van der Waals surface area (Å²) in [5.41, 5.74) is 0. The summed E-state index contributed by atoms with van der Waals surface area (Å²) >= 11 is 0. The molecule has 0 fully saturated rings. The first kappa shape index (κ1) is 69.8. The molecule has 0 nitrogen and oxygen atoms in total. The van der Waals surface area contributed by atoms with Gasteiger partial charge in [-0.25, -0.2) is 0 Å². The molecule has 0 rings (SSSR count). The Morgan fingerprint density at radius 3 is 0.667 bits per heavy atom. The molecule has 1 radical (unpaired) electrons. The van der Waals surface area contributed by atoms with E-state index in [9.17, 15) is 0 Å². The van der Waals surface area contributed by atoms with E-state index in [2.05, 4.69) is 0 Å². The Balaban J connectivity index is 0. The molecule has 6 heavy (non-hydrogen) atoms. The summed E-state index contributed by atoms with van der Waals surface area (Å²) in [5, 5.41) is 0. The van der Waals surface area contributed by atoms with Crippen LogP contribution < -0.4 is 0 Å². The first-order valence-electron chi connectivity index (χ1n) is 0. The topological polar surface area (TPSA) is 0 Å². The SMILES string of the molecule is [Co].[Mo].[Ni].[S-2].[S-2].[S-2]. The third-order valence-corrected chi connectivity index (χ3v) is 0. The minimum Gasteiger partial charge on any atom is -2.00 e. The van der Waals surface area contributed by atoms with Crippen molar-refractivity contribution < 1.29 is 54.3 Å². The van der Waals surface area contributed by atoms with Crippen molar-refractivity contribution in [2.75, 3.05) is 0 Å². The van der Waals surface area contributed by atoms with E-state index in [0.29, 0.717) is 0 Å². The Morgan fingerprint density at radius 2 is 0.667 bits per heavy atom. The van der Waals surface area contributed by atoms with E-state index in [1.165, 1.54) is 0 Å². The van der Waals surface area contributed by atoms with Crippen molar-refractivity contribution in [3.8, 4) is 0 Å². The predicted molar refractivity (Wildman–Crippen MR) is 22.1 cm³/mol. The predicted octanol–water partition coefficient (Wildman–Crippen LogP) is -0.0147. The first-order valence-corrected chi connectivity index (χ1v) is 0. The molecule has 0 aromatic heterocycles. The van der Waals surface area contributed by atoms with Gasteiger partial charge in [-0.1, -0.05) is 0 Å². The van der Waals surface area contributed by atoms with Gasteiger partial charge in [0.05, 0.1) is 0 Å². The molecule has 0 saturated carbocycles. The molecule has 0 N–H and O–H groups in total. The van der Waals surface area contributed by atoms with Crippen molar-refractivity contribution in [2.45, 2.75) is 0 Å². The summed E-state index contributed by atoms with van der Waals surface area (Å²) in [4.78, 5) is 0. The van der Waals surface area contributed by atoms with Gasteiger partial charge in [0.25, 0.3) is 0 Å². The normalized spacial score (nSPS) is 0. The van der Waals surface area contributed by atoms with Crippen molar-refractivity contribution >= 4 is 40.5 Å². The Kier molecular flexibility index (Phi) is 545. The van der Waals surface area contributed by atoms with E-state index in [4.69, 9.17) is 0 Å². The molecule has 0 saturated heterocycles. The molecular formula is CoMoNiS3-6. The average molecular weight is 310 g/mol. The molecule has 6 heteroatoms. The van der Waals surface area contributed by atoms with Crippen molar-refractivity contribution in [1.82, 2.24) is 0 Å². The quantitative estimate of drug-likeness (QED) is 0.552. The third kappa shape index (κ3) is 29.6. The van der Waals surface area contributed by atoms with Crippen LogP contribution >= 0.6 is 0 Å². The number of hydrogen-bond donors (Lipinski definition) is 0. The molecule has 0 aliphatic carbocycles. The summed E-state index contributed by atoms with van der Waals surface area (Å²) in [6.45, 7) is 0. The Labute approximate surface area is 93.7 Å². The molecule has 49 valence electrons. The summed E-state index contributed by atoms with van der Waals surface area (Å²) in [6.07, 6.45) is 0. The zero-order chi connectivity index (χ0) is 0. The molecule has 0 amide bonds. The molecule has 0 aliphatic heterocycles. The summed E-state index contributed by atoms with van der Waals surface area (Å²) in [5.74, 6) is 0. The summed E-state index contributed by atoms with van der Waals surface area (Å²) in [6, 6.07) is 0. The molecule has 0 unspecified atom stereocenters. The zero-order valence-electron chi connectivity index (χ0n) is 2.28. The second-order valence-electron chi connectivity index (χ2n) is 0. The second kappa shape index (κ2) is 46.9. The summed E-state index contributed by atoms with van der Waals surface area (Å²) < 4.78 is 0. The first-order chi connectivity index (χ1) is 0. The third-order valence-electron chi connectivity index (χ3n) is 0. The fourth-order valence-corrected chi connectivity index (χ4v) is 0. The van der Waals surface area contributed by atoms with Gasteiger partial charge in [0.1, 0.15) is 0 Å². The van der Waals surface area contributed by atoms with Crippen LogP contribution in [0.5, 0.6) is 0 Å². The Hall–Kier alpha value is 2.74. The van der Waals surface area contributed by atoms with Gasteiger partial charge in [0, 0.05) is 54.3 Å². The van der Waals surface area contributed by atoms with E-state index >= 15 is 0 Å². The molecule has 0 aliphatic rings. The van der Waals surface area contributed by atoms with Crippen LogP contribution in [0.25, 0.3) is 0 Å². The molecule has 0 bridgehead atoms. The molecule has 0 aromatic rings. The minimum absolute atomic E-state index is 0. The van der Waals surface area contributed by atoms with Gasteiger partial charge in [-0.2, -0.15) is 0 Å². The average Bonchev–Trinajstić information content (AvgIpc) is 0. The largest absolute Gasteiger partial charge is 2.00 e. The van der Waals surface area contributed by atoms with E-state index < -0.39 is 0 Å². The Bertz CT molecular complexity index is 10.8. The van der Waals surface area contributed by atoms with Gasteiger partial charge in [0.15, 0.2) is 0 Å². The van der Waals surface area contributed by atoms with E-state index in [0.717, 1.165) is 0 Å². The number of hydrogen-bond acceptors (Lipinski definition) is 0. The van der Waals surface area contributed by atoms with Crippen molar-refractivity contribution in [2.24, 2.45) is 0 Å². The maximum atomic E-state index is 0. The van der Waals surface area contributed by atoms with Crippen LogP contribution in [0.3, 0.4) is 0 Å². The van der Waals surface area contributed by atoms with Gasteiger partial charge in [-0.15, -0.1) is 0 Å². The molecule has 0 spiro atoms. The van der Waals surface area contributed by atoms with Gasteiger partial charge < -0.3 is 40.5 Å². The monoisotopic (exact) mass is 311 g/mol. The maximum absolute atomic E-state index is 0. The van der Waals surface area contributed by atoms with Crippen molar-refractivity contribution in [1.29, 1.82) is 0 Å². The Morgan fingerprint density at radius 1 is 0.667 bits per heavy atom. The van der Waals surface area contributed by atoms with Gasteiger partial charge >= 0.3 is 0 Å². The molecule has 0 atom stereocenters. The van der Waals surface area contributed by atoms with Crippen molar-refractivity contribution in [3.63, 3.8) is 0 Å². The van der Waals surface area contributed by atoms with E-state index in [-0.39, 0.29) is 94.8 Å². The van der Waals surface area contributed by atoms with Crippen LogP contribution in [0.4, 0.5) is 0 Å². The smallest absolute Gasteiger partial charge is 0 e. The van der Waals surface area contributed by atoms with Crippen molar-refractivity contribution in [3.05, 3.63) is 0 Å². The summed E-state index contributed by atoms with van der Waals surface area (Å²) in [7, 11) is 0. The van der Waals surface area contributed by atoms with Gasteiger partial charge in [0.2, 0.25) is 0 Å². The molecule has 0 heterocycles. The van der Waals surface area contributed by atoms with Crippen LogP contribution in [0.1, 0.15) is 0 Å². The second-order valence-corrected chi connectivity index (χ2v) is 0. The van der Waals surface area contributed by atoms with Crippen LogP contribution in [0, 0.1) is 0 Å². The molecule has 0 aromatic carbocycles. The fraction of sp³-hybridized carbons (Fsp3) is 0. The van der Waals surface area contributed by atoms with Gasteiger partial charge in [-0.05, 0) is 0 Å². The van der Waals surface area contributed by atoms with Crippen LogP contribution in [-0.4, -0.2) is 0 Å². The number of rotatable bonds is 0. The van der Waals surface area contributed by atoms with E-state index in [1.807, 2.05) is 0 Å². The molecular weight excluding hydrogens is 310 g/mol. The maximum Gasteiger partial charge on any atom is 0 e. The fourth-order valence-electron chi connectivity index (χ4n) is 0. The zero-order valence-corrected chi connectivity index (χ0v) is 8.77. The van der Waals surface area contributed by atoms with Gasteiger partial charge in [-0.3, -0.25) is 0 Å². The van der Waals surface area contributed by atoms with Crippen LogP contribution in [0.15, 0.2) is 0 Å². The van der Waals surface area contributed by atoms with Crippen LogP contribution in [0.2, 0.25) is 0 Å². The standard InChI is InChI=1S/Co.Mo.Ni.3S/q;;;3*-2. The van der Waals surface area contributed by atoms with Crippen LogP contribution in [-0.2, 0) is 94.8 Å².